The highest BCUT2D eigenvalue weighted by Crippen LogP contribution is 2.37. The van der Waals surface area contributed by atoms with E-state index in [1.54, 1.807) is 0 Å². The van der Waals surface area contributed by atoms with Gasteiger partial charge < -0.3 is 4.74 Å². The Labute approximate surface area is 177 Å². The van der Waals surface area contributed by atoms with Gasteiger partial charge in [-0.05, 0) is 80.1 Å². The van der Waals surface area contributed by atoms with Crippen LogP contribution in [0.25, 0.3) is 0 Å². The summed E-state index contributed by atoms with van der Waals surface area (Å²) >= 11 is 0. The van der Waals surface area contributed by atoms with Gasteiger partial charge in [-0.25, -0.2) is 18.0 Å². The van der Waals surface area contributed by atoms with E-state index in [4.69, 9.17) is 4.74 Å². The molecular weight excluding hydrogens is 422 g/mol. The number of carbonyl (C=O) groups excluding carboxylic acids is 1. The molecule has 31 heavy (non-hydrogen) atoms. The molecule has 8 heteroatoms. The van der Waals surface area contributed by atoms with Crippen molar-refractivity contribution in [3.05, 3.63) is 46.8 Å². The molecule has 2 nitrogen and oxygen atoms in total. The average Bonchev–Trinajstić information content (AvgIpc) is 2.68. The SMILES string of the molecule is CC1CCC(c2cc(F)c(C(=O)OC3CCC(C=C(F)C(F)(F)F)CC3)c(F)c2)CC1. The number of rotatable bonds is 4. The Bertz CT molecular complexity index is 793. The molecule has 1 aromatic carbocycles. The maximum Gasteiger partial charge on any atom is 0.442 e. The maximum absolute atomic E-state index is 14.6. The summed E-state index contributed by atoms with van der Waals surface area (Å²) in [6.45, 7) is 2.15. The minimum absolute atomic E-state index is 0.0608. The topological polar surface area (TPSA) is 26.3 Å². The van der Waals surface area contributed by atoms with Crippen LogP contribution >= 0.6 is 0 Å². The van der Waals surface area contributed by atoms with Crippen molar-refractivity contribution in [1.29, 1.82) is 0 Å². The van der Waals surface area contributed by atoms with Gasteiger partial charge in [0.1, 0.15) is 23.3 Å². The number of hydrogen-bond donors (Lipinski definition) is 0. The predicted molar refractivity (Wildman–Crippen MR) is 103 cm³/mol. The Hall–Kier alpha value is -1.99. The molecule has 0 unspecified atom stereocenters. The molecule has 2 fully saturated rings. The van der Waals surface area contributed by atoms with E-state index in [-0.39, 0.29) is 31.6 Å². The average molecular weight is 448 g/mol. The smallest absolute Gasteiger partial charge is 0.442 e. The van der Waals surface area contributed by atoms with Crippen LogP contribution in [0.4, 0.5) is 26.3 Å². The van der Waals surface area contributed by atoms with Crippen LogP contribution < -0.4 is 0 Å². The quantitative estimate of drug-likeness (QED) is 0.355. The Kier molecular flexibility index (Phi) is 7.37. The van der Waals surface area contributed by atoms with Gasteiger partial charge in [0.25, 0.3) is 0 Å². The Balaban J connectivity index is 1.60. The van der Waals surface area contributed by atoms with Gasteiger partial charge in [0, 0.05) is 0 Å². The van der Waals surface area contributed by atoms with E-state index in [0.29, 0.717) is 17.6 Å². The van der Waals surface area contributed by atoms with Gasteiger partial charge in [-0.15, -0.1) is 0 Å². The lowest BCUT2D eigenvalue weighted by atomic mass is 9.79. The summed E-state index contributed by atoms with van der Waals surface area (Å²) in [7, 11) is 0. The molecule has 0 radical (unpaired) electrons. The van der Waals surface area contributed by atoms with Gasteiger partial charge in [-0.1, -0.05) is 19.8 Å². The minimum Gasteiger partial charge on any atom is -0.459 e. The third-order valence-electron chi connectivity index (χ3n) is 6.40. The number of esters is 1. The van der Waals surface area contributed by atoms with Crippen LogP contribution in [-0.2, 0) is 4.74 Å². The Morgan fingerprint density at radius 3 is 2.03 bits per heavy atom. The van der Waals surface area contributed by atoms with Gasteiger partial charge in [0.2, 0.25) is 0 Å². The van der Waals surface area contributed by atoms with Crippen LogP contribution in [-0.4, -0.2) is 18.2 Å². The van der Waals surface area contributed by atoms with E-state index < -0.39 is 47.2 Å². The molecule has 1 aromatic rings. The zero-order chi connectivity index (χ0) is 22.8. The largest absolute Gasteiger partial charge is 0.459 e. The molecule has 0 bridgehead atoms. The van der Waals surface area contributed by atoms with Crippen LogP contribution in [0.3, 0.4) is 0 Å². The Morgan fingerprint density at radius 1 is 0.968 bits per heavy atom. The molecule has 172 valence electrons. The number of hydrogen-bond acceptors (Lipinski definition) is 2. The van der Waals surface area contributed by atoms with Crippen molar-refractivity contribution in [2.75, 3.05) is 0 Å². The van der Waals surface area contributed by atoms with E-state index in [0.717, 1.165) is 25.7 Å². The molecule has 0 amide bonds. The standard InChI is InChI=1S/C23H26F6O2/c1-13-2-6-15(7-3-13)16-11-18(24)21(19(25)12-16)22(30)31-17-8-4-14(5-9-17)10-20(26)23(27,28)29/h10-15,17H,2-9H2,1H3. The first-order valence-electron chi connectivity index (χ1n) is 10.7. The summed E-state index contributed by atoms with van der Waals surface area (Å²) in [5.41, 5.74) is -0.213. The number of carbonyl (C=O) groups is 1. The summed E-state index contributed by atoms with van der Waals surface area (Å²) in [6.07, 6.45) is -0.722. The molecule has 0 N–H and O–H groups in total. The van der Waals surface area contributed by atoms with Gasteiger partial charge in [0.15, 0.2) is 5.83 Å². The van der Waals surface area contributed by atoms with Crippen LogP contribution in [0.5, 0.6) is 0 Å². The molecule has 2 aliphatic rings. The van der Waals surface area contributed by atoms with E-state index >= 15 is 0 Å². The molecular formula is C23H26F6O2. The van der Waals surface area contributed by atoms with Crippen molar-refractivity contribution in [2.24, 2.45) is 11.8 Å². The van der Waals surface area contributed by atoms with E-state index in [9.17, 15) is 31.1 Å². The summed E-state index contributed by atoms with van der Waals surface area (Å²) in [4.78, 5) is 12.4. The summed E-state index contributed by atoms with van der Waals surface area (Å²) < 4.78 is 84.3. The fourth-order valence-corrected chi connectivity index (χ4v) is 4.50. The number of benzene rings is 1. The summed E-state index contributed by atoms with van der Waals surface area (Å²) in [5, 5.41) is 0. The fraction of sp³-hybridized carbons (Fsp3) is 0.609. The van der Waals surface area contributed by atoms with Crippen molar-refractivity contribution < 1.29 is 35.9 Å². The van der Waals surface area contributed by atoms with Crippen LogP contribution in [0.2, 0.25) is 0 Å². The molecule has 0 heterocycles. The lowest BCUT2D eigenvalue weighted by Crippen LogP contribution is -2.25. The second kappa shape index (κ2) is 9.65. The first-order valence-corrected chi connectivity index (χ1v) is 10.7. The van der Waals surface area contributed by atoms with E-state index in [1.807, 2.05) is 0 Å². The first kappa shape index (κ1) is 23.7. The van der Waals surface area contributed by atoms with Crippen molar-refractivity contribution in [3.8, 4) is 0 Å². The molecule has 0 atom stereocenters. The predicted octanol–water partition coefficient (Wildman–Crippen LogP) is 7.39. The third kappa shape index (κ3) is 6.04. The molecule has 2 saturated carbocycles. The highest BCUT2D eigenvalue weighted by molar-refractivity contribution is 5.90. The van der Waals surface area contributed by atoms with Crippen molar-refractivity contribution >= 4 is 5.97 Å². The van der Waals surface area contributed by atoms with Crippen molar-refractivity contribution in [3.63, 3.8) is 0 Å². The molecule has 0 aromatic heterocycles. The van der Waals surface area contributed by atoms with Gasteiger partial charge in [0.05, 0.1) is 0 Å². The zero-order valence-electron chi connectivity index (χ0n) is 17.3. The second-order valence-corrected chi connectivity index (χ2v) is 8.77. The molecule has 0 spiro atoms. The van der Waals surface area contributed by atoms with Crippen LogP contribution in [0.1, 0.15) is 80.1 Å². The maximum atomic E-state index is 14.6. The number of ether oxygens (including phenoxy) is 1. The lowest BCUT2D eigenvalue weighted by molar-refractivity contribution is -0.109. The molecule has 2 aliphatic carbocycles. The minimum atomic E-state index is -5.01. The number of alkyl halides is 3. The molecule has 3 rings (SSSR count). The fourth-order valence-electron chi connectivity index (χ4n) is 4.50. The molecule has 0 aliphatic heterocycles. The normalized spacial score (nSPS) is 27.8. The van der Waals surface area contributed by atoms with Crippen LogP contribution in [0.15, 0.2) is 24.0 Å². The monoisotopic (exact) mass is 448 g/mol. The number of halogens is 6. The van der Waals surface area contributed by atoms with Crippen molar-refractivity contribution in [1.82, 2.24) is 0 Å². The van der Waals surface area contributed by atoms with Gasteiger partial charge in [-0.2, -0.15) is 13.2 Å². The summed E-state index contributed by atoms with van der Waals surface area (Å²) in [6, 6.07) is 2.39. The number of allylic oxidation sites excluding steroid dienone is 2. The van der Waals surface area contributed by atoms with E-state index in [2.05, 4.69) is 6.92 Å². The van der Waals surface area contributed by atoms with Gasteiger partial charge in [-0.3, -0.25) is 0 Å². The second-order valence-electron chi connectivity index (χ2n) is 8.77. The first-order chi connectivity index (χ1) is 14.5. The lowest BCUT2D eigenvalue weighted by Gasteiger charge is -2.27. The molecule has 0 saturated heterocycles. The van der Waals surface area contributed by atoms with Crippen LogP contribution in [0, 0.1) is 23.5 Å². The van der Waals surface area contributed by atoms with Crippen molar-refractivity contribution in [2.45, 2.75) is 76.5 Å². The summed E-state index contributed by atoms with van der Waals surface area (Å²) in [5.74, 6) is -5.17. The van der Waals surface area contributed by atoms with E-state index in [1.165, 1.54) is 12.1 Å². The highest BCUT2D eigenvalue weighted by Gasteiger charge is 2.36. The zero-order valence-corrected chi connectivity index (χ0v) is 17.3. The Morgan fingerprint density at radius 2 is 1.52 bits per heavy atom. The highest BCUT2D eigenvalue weighted by atomic mass is 19.4. The third-order valence-corrected chi connectivity index (χ3v) is 6.40. The van der Waals surface area contributed by atoms with Gasteiger partial charge >= 0.3 is 12.1 Å².